The van der Waals surface area contributed by atoms with E-state index < -0.39 is 0 Å². The lowest BCUT2D eigenvalue weighted by molar-refractivity contribution is -0.119. The molecule has 1 aromatic rings. The van der Waals surface area contributed by atoms with Gasteiger partial charge in [0, 0.05) is 24.3 Å². The van der Waals surface area contributed by atoms with Gasteiger partial charge in [0.2, 0.25) is 5.91 Å². The maximum absolute atomic E-state index is 12.1. The van der Waals surface area contributed by atoms with E-state index in [1.807, 2.05) is 31.2 Å². The fourth-order valence-corrected chi connectivity index (χ4v) is 2.64. The second-order valence-corrected chi connectivity index (χ2v) is 5.40. The molecular formula is C16H22N2O3. The Kier molecular flexibility index (Phi) is 5.33. The Morgan fingerprint density at radius 2 is 2.14 bits per heavy atom. The van der Waals surface area contributed by atoms with Gasteiger partial charge in [-0.15, -0.1) is 0 Å². The number of nitrogens with zero attached hydrogens (tertiary/aromatic N) is 1. The van der Waals surface area contributed by atoms with E-state index in [0.29, 0.717) is 29.8 Å². The van der Waals surface area contributed by atoms with Crippen LogP contribution >= 0.6 is 0 Å². The first-order chi connectivity index (χ1) is 10.1. The Morgan fingerprint density at radius 3 is 2.81 bits per heavy atom. The molecule has 5 heteroatoms. The van der Waals surface area contributed by atoms with Crippen molar-refractivity contribution >= 4 is 17.3 Å². The van der Waals surface area contributed by atoms with E-state index in [9.17, 15) is 4.79 Å². The number of para-hydroxylation sites is 1. The van der Waals surface area contributed by atoms with Crippen LogP contribution in [0.5, 0.6) is 0 Å². The number of hydrogen-bond donors (Lipinski definition) is 2. The van der Waals surface area contributed by atoms with Crippen LogP contribution in [0.1, 0.15) is 38.7 Å². The largest absolute Gasteiger partial charge is 0.411 e. The average Bonchev–Trinajstić information content (AvgIpc) is 2.45. The third-order valence-electron chi connectivity index (χ3n) is 3.81. The molecule has 1 aliphatic carbocycles. The monoisotopic (exact) mass is 290 g/mol. The molecule has 2 rings (SSSR count). The van der Waals surface area contributed by atoms with E-state index in [2.05, 4.69) is 10.5 Å². The lowest BCUT2D eigenvalue weighted by atomic mass is 9.80. The van der Waals surface area contributed by atoms with E-state index >= 15 is 0 Å². The molecule has 0 spiro atoms. The molecular weight excluding hydrogens is 268 g/mol. The van der Waals surface area contributed by atoms with Crippen molar-refractivity contribution in [2.45, 2.75) is 39.2 Å². The Labute approximate surface area is 125 Å². The summed E-state index contributed by atoms with van der Waals surface area (Å²) in [5.41, 5.74) is 1.89. The molecule has 21 heavy (non-hydrogen) atoms. The molecule has 0 unspecified atom stereocenters. The number of amides is 1. The Hall–Kier alpha value is -1.88. The van der Waals surface area contributed by atoms with Crippen molar-refractivity contribution in [2.75, 3.05) is 11.9 Å². The number of nitrogens with one attached hydrogen (secondary N) is 1. The van der Waals surface area contributed by atoms with Crippen molar-refractivity contribution in [3.63, 3.8) is 0 Å². The summed E-state index contributed by atoms with van der Waals surface area (Å²) in [6, 6.07) is 7.32. The SMILES string of the molecule is CCOC1CC(CC(=O)Nc2ccccc2/C(C)=N/O)C1. The first-order valence-corrected chi connectivity index (χ1v) is 7.33. The van der Waals surface area contributed by atoms with Crippen LogP contribution in [0.15, 0.2) is 29.4 Å². The molecule has 0 radical (unpaired) electrons. The lowest BCUT2D eigenvalue weighted by Gasteiger charge is -2.34. The van der Waals surface area contributed by atoms with E-state index in [-0.39, 0.29) is 5.91 Å². The van der Waals surface area contributed by atoms with E-state index in [1.54, 1.807) is 6.92 Å². The molecule has 1 aromatic carbocycles. The summed E-state index contributed by atoms with van der Waals surface area (Å²) in [7, 11) is 0. The normalized spacial score (nSPS) is 21.7. The van der Waals surface area contributed by atoms with E-state index in [0.717, 1.165) is 25.0 Å². The number of benzene rings is 1. The summed E-state index contributed by atoms with van der Waals surface area (Å²) in [6.07, 6.45) is 2.75. The smallest absolute Gasteiger partial charge is 0.224 e. The van der Waals surface area contributed by atoms with Crippen LogP contribution < -0.4 is 5.32 Å². The quantitative estimate of drug-likeness (QED) is 0.480. The van der Waals surface area contributed by atoms with Crippen LogP contribution in [0.4, 0.5) is 5.69 Å². The molecule has 0 aromatic heterocycles. The van der Waals surface area contributed by atoms with Crippen LogP contribution in [-0.2, 0) is 9.53 Å². The minimum atomic E-state index is -0.00635. The maximum atomic E-state index is 12.1. The van der Waals surface area contributed by atoms with Gasteiger partial charge in [0.15, 0.2) is 0 Å². The molecule has 0 heterocycles. The van der Waals surface area contributed by atoms with Crippen molar-refractivity contribution in [1.29, 1.82) is 0 Å². The number of carbonyl (C=O) groups excluding carboxylic acids is 1. The Bertz CT molecular complexity index is 522. The minimum Gasteiger partial charge on any atom is -0.411 e. The molecule has 1 saturated carbocycles. The predicted octanol–water partition coefficient (Wildman–Crippen LogP) is 3.03. The second kappa shape index (κ2) is 7.22. The average molecular weight is 290 g/mol. The highest BCUT2D eigenvalue weighted by Crippen LogP contribution is 2.33. The van der Waals surface area contributed by atoms with Gasteiger partial charge < -0.3 is 15.3 Å². The van der Waals surface area contributed by atoms with Crippen LogP contribution in [0.25, 0.3) is 0 Å². The van der Waals surface area contributed by atoms with Crippen LogP contribution in [0, 0.1) is 5.92 Å². The van der Waals surface area contributed by atoms with Gasteiger partial charge in [-0.3, -0.25) is 4.79 Å². The highest BCUT2D eigenvalue weighted by molar-refractivity contribution is 6.06. The number of hydrogen-bond acceptors (Lipinski definition) is 4. The highest BCUT2D eigenvalue weighted by Gasteiger charge is 2.31. The van der Waals surface area contributed by atoms with Crippen LogP contribution in [0.3, 0.4) is 0 Å². The standard InChI is InChI=1S/C16H22N2O3/c1-3-21-13-8-12(9-13)10-16(19)17-15-7-5-4-6-14(15)11(2)18-20/h4-7,12-13,20H,3,8-10H2,1-2H3,(H,17,19)/b18-11+. The zero-order valence-corrected chi connectivity index (χ0v) is 12.5. The van der Waals surface area contributed by atoms with Crippen molar-refractivity contribution in [1.82, 2.24) is 0 Å². The molecule has 0 bridgehead atoms. The molecule has 0 aliphatic heterocycles. The number of ether oxygens (including phenoxy) is 1. The zero-order valence-electron chi connectivity index (χ0n) is 12.5. The Morgan fingerprint density at radius 1 is 1.43 bits per heavy atom. The summed E-state index contributed by atoms with van der Waals surface area (Å²) in [5, 5.41) is 15.0. The summed E-state index contributed by atoms with van der Waals surface area (Å²) in [4.78, 5) is 12.1. The van der Waals surface area contributed by atoms with Crippen LogP contribution in [0.2, 0.25) is 0 Å². The van der Waals surface area contributed by atoms with Crippen molar-refractivity contribution in [3.8, 4) is 0 Å². The fraction of sp³-hybridized carbons (Fsp3) is 0.500. The van der Waals surface area contributed by atoms with Gasteiger partial charge in [0.1, 0.15) is 0 Å². The topological polar surface area (TPSA) is 70.9 Å². The number of rotatable bonds is 6. The van der Waals surface area contributed by atoms with Crippen LogP contribution in [-0.4, -0.2) is 29.5 Å². The molecule has 1 fully saturated rings. The number of carbonyl (C=O) groups is 1. The highest BCUT2D eigenvalue weighted by atomic mass is 16.5. The van der Waals surface area contributed by atoms with Gasteiger partial charge in [-0.1, -0.05) is 23.4 Å². The van der Waals surface area contributed by atoms with Crippen molar-refractivity contribution in [3.05, 3.63) is 29.8 Å². The number of oxime groups is 1. The Balaban J connectivity index is 1.89. The molecule has 114 valence electrons. The van der Waals surface area contributed by atoms with E-state index in [4.69, 9.17) is 9.94 Å². The zero-order chi connectivity index (χ0) is 15.2. The summed E-state index contributed by atoms with van der Waals surface area (Å²) in [5.74, 6) is 0.398. The summed E-state index contributed by atoms with van der Waals surface area (Å²) < 4.78 is 5.50. The summed E-state index contributed by atoms with van der Waals surface area (Å²) >= 11 is 0. The van der Waals surface area contributed by atoms with Crippen molar-refractivity contribution in [2.24, 2.45) is 11.1 Å². The van der Waals surface area contributed by atoms with Gasteiger partial charge in [-0.05, 0) is 38.7 Å². The molecule has 1 amide bonds. The maximum Gasteiger partial charge on any atom is 0.224 e. The molecule has 5 nitrogen and oxygen atoms in total. The first kappa shape index (κ1) is 15.5. The lowest BCUT2D eigenvalue weighted by Crippen LogP contribution is -2.34. The third-order valence-corrected chi connectivity index (χ3v) is 3.81. The molecule has 0 saturated heterocycles. The minimum absolute atomic E-state index is 0.00635. The predicted molar refractivity (Wildman–Crippen MR) is 81.8 cm³/mol. The molecule has 2 N–H and O–H groups in total. The second-order valence-electron chi connectivity index (χ2n) is 5.40. The fourth-order valence-electron chi connectivity index (χ4n) is 2.64. The van der Waals surface area contributed by atoms with Crippen molar-refractivity contribution < 1.29 is 14.7 Å². The third kappa shape index (κ3) is 4.04. The first-order valence-electron chi connectivity index (χ1n) is 7.33. The summed E-state index contributed by atoms with van der Waals surface area (Å²) in [6.45, 7) is 4.42. The number of anilines is 1. The van der Waals surface area contributed by atoms with E-state index in [1.165, 1.54) is 0 Å². The van der Waals surface area contributed by atoms with Gasteiger partial charge in [-0.25, -0.2) is 0 Å². The van der Waals surface area contributed by atoms with Gasteiger partial charge in [0.25, 0.3) is 0 Å². The molecule has 1 aliphatic rings. The van der Waals surface area contributed by atoms with Gasteiger partial charge in [0.05, 0.1) is 11.8 Å². The van der Waals surface area contributed by atoms with Gasteiger partial charge in [-0.2, -0.15) is 0 Å². The van der Waals surface area contributed by atoms with Gasteiger partial charge >= 0.3 is 0 Å². The molecule has 0 atom stereocenters.